The minimum absolute atomic E-state index is 0.00828. The van der Waals surface area contributed by atoms with Gasteiger partial charge in [0.05, 0.1) is 4.90 Å². The zero-order valence-electron chi connectivity index (χ0n) is 15.9. The number of carboxylic acid groups (broad SMARTS) is 1. The molecule has 1 fully saturated rings. The van der Waals surface area contributed by atoms with Gasteiger partial charge in [0, 0.05) is 24.3 Å². The molecule has 1 heterocycles. The summed E-state index contributed by atoms with van der Waals surface area (Å²) in [5.74, 6) is -0.935. The highest BCUT2D eigenvalue weighted by molar-refractivity contribution is 7.92. The molecule has 2 N–H and O–H groups in total. The summed E-state index contributed by atoms with van der Waals surface area (Å²) in [6.45, 7) is 2.54. The second-order valence-corrected chi connectivity index (χ2v) is 8.48. The van der Waals surface area contributed by atoms with Crippen LogP contribution >= 0.6 is 0 Å². The number of sulfonamides is 1. The Hall–Kier alpha value is -3.07. The number of carbonyl (C=O) groups is 2. The summed E-state index contributed by atoms with van der Waals surface area (Å²) in [4.78, 5) is 24.9. The molecular weight excluding hydrogens is 396 g/mol. The van der Waals surface area contributed by atoms with Crippen LogP contribution in [0.1, 0.15) is 28.8 Å². The van der Waals surface area contributed by atoms with Crippen molar-refractivity contribution >= 4 is 27.6 Å². The first kappa shape index (κ1) is 20.7. The number of carboxylic acids is 1. The van der Waals surface area contributed by atoms with Crippen molar-refractivity contribution < 1.29 is 27.9 Å². The SMILES string of the molecule is Cc1cc(S(=O)(=O)Nc2cccc(C(=O)N3CCCC3)c2)ccc1OCC(=O)O. The monoisotopic (exact) mass is 418 g/mol. The maximum atomic E-state index is 12.7. The number of nitrogens with one attached hydrogen (secondary N) is 1. The Morgan fingerprint density at radius 2 is 1.86 bits per heavy atom. The van der Waals surface area contributed by atoms with E-state index in [0.717, 1.165) is 12.8 Å². The Kier molecular flexibility index (Phi) is 6.07. The van der Waals surface area contributed by atoms with Gasteiger partial charge < -0.3 is 14.7 Å². The maximum Gasteiger partial charge on any atom is 0.341 e. The molecule has 0 aromatic heterocycles. The highest BCUT2D eigenvalue weighted by atomic mass is 32.2. The minimum Gasteiger partial charge on any atom is -0.482 e. The molecule has 1 saturated heterocycles. The quantitative estimate of drug-likeness (QED) is 0.714. The summed E-state index contributed by atoms with van der Waals surface area (Å²) >= 11 is 0. The summed E-state index contributed by atoms with van der Waals surface area (Å²) < 4.78 is 33.1. The normalized spacial score (nSPS) is 13.9. The van der Waals surface area contributed by atoms with Crippen molar-refractivity contribution in [3.63, 3.8) is 0 Å². The lowest BCUT2D eigenvalue weighted by atomic mass is 10.2. The lowest BCUT2D eigenvalue weighted by Gasteiger charge is -2.16. The van der Waals surface area contributed by atoms with Gasteiger partial charge in [0.15, 0.2) is 6.61 Å². The van der Waals surface area contributed by atoms with E-state index in [1.54, 1.807) is 30.0 Å². The molecule has 1 amide bonds. The number of amides is 1. The third-order valence-corrected chi connectivity index (χ3v) is 5.94. The predicted octanol–water partition coefficient (Wildman–Crippen LogP) is 2.50. The lowest BCUT2D eigenvalue weighted by Crippen LogP contribution is -2.27. The molecule has 2 aromatic rings. The van der Waals surface area contributed by atoms with Gasteiger partial charge in [-0.05, 0) is 61.7 Å². The van der Waals surface area contributed by atoms with Crippen LogP contribution in [0.4, 0.5) is 5.69 Å². The Morgan fingerprint density at radius 3 is 2.52 bits per heavy atom. The molecule has 0 spiro atoms. The molecule has 0 saturated carbocycles. The van der Waals surface area contributed by atoms with Gasteiger partial charge in [0.2, 0.25) is 0 Å². The van der Waals surface area contributed by atoms with E-state index in [1.807, 2.05) is 0 Å². The van der Waals surface area contributed by atoms with Crippen molar-refractivity contribution in [3.05, 3.63) is 53.6 Å². The first-order chi connectivity index (χ1) is 13.8. The number of likely N-dealkylation sites (tertiary alicyclic amines) is 1. The van der Waals surface area contributed by atoms with Gasteiger partial charge in [0.1, 0.15) is 5.75 Å². The van der Waals surface area contributed by atoms with Crippen LogP contribution in [0.2, 0.25) is 0 Å². The zero-order valence-corrected chi connectivity index (χ0v) is 16.7. The number of ether oxygens (including phenoxy) is 1. The number of aryl methyl sites for hydroxylation is 1. The zero-order chi connectivity index (χ0) is 21.0. The molecule has 1 aliphatic rings. The van der Waals surface area contributed by atoms with E-state index in [9.17, 15) is 18.0 Å². The van der Waals surface area contributed by atoms with Crippen LogP contribution in [0, 0.1) is 6.92 Å². The van der Waals surface area contributed by atoms with Gasteiger partial charge >= 0.3 is 5.97 Å². The largest absolute Gasteiger partial charge is 0.482 e. The molecule has 1 aliphatic heterocycles. The summed E-state index contributed by atoms with van der Waals surface area (Å²) in [6, 6.07) is 10.6. The van der Waals surface area contributed by atoms with E-state index >= 15 is 0 Å². The van der Waals surface area contributed by atoms with Crippen LogP contribution < -0.4 is 9.46 Å². The van der Waals surface area contributed by atoms with Crippen molar-refractivity contribution in [3.8, 4) is 5.75 Å². The molecule has 0 aliphatic carbocycles. The molecule has 0 unspecified atom stereocenters. The molecular formula is C20H22N2O6S. The third kappa shape index (κ3) is 5.05. The van der Waals surface area contributed by atoms with E-state index in [0.29, 0.717) is 35.7 Å². The second kappa shape index (κ2) is 8.52. The van der Waals surface area contributed by atoms with Gasteiger partial charge in [-0.3, -0.25) is 9.52 Å². The van der Waals surface area contributed by atoms with Crippen LogP contribution in [0.3, 0.4) is 0 Å². The molecule has 8 nitrogen and oxygen atoms in total. The summed E-state index contributed by atoms with van der Waals surface area (Å²) in [7, 11) is -3.89. The van der Waals surface area contributed by atoms with E-state index in [-0.39, 0.29) is 10.8 Å². The van der Waals surface area contributed by atoms with Crippen LogP contribution in [0.15, 0.2) is 47.4 Å². The fourth-order valence-electron chi connectivity index (χ4n) is 3.12. The third-order valence-electron chi connectivity index (χ3n) is 4.56. The van der Waals surface area contributed by atoms with E-state index in [2.05, 4.69) is 4.72 Å². The van der Waals surface area contributed by atoms with Gasteiger partial charge in [-0.15, -0.1) is 0 Å². The summed E-state index contributed by atoms with van der Waals surface area (Å²) in [5, 5.41) is 8.69. The number of carbonyl (C=O) groups excluding carboxylic acids is 1. The molecule has 0 bridgehead atoms. The first-order valence-electron chi connectivity index (χ1n) is 9.14. The first-order valence-corrected chi connectivity index (χ1v) is 10.6. The Bertz CT molecular complexity index is 1030. The molecule has 0 atom stereocenters. The van der Waals surface area contributed by atoms with Crippen molar-refractivity contribution in [2.45, 2.75) is 24.7 Å². The lowest BCUT2D eigenvalue weighted by molar-refractivity contribution is -0.139. The number of benzene rings is 2. The number of hydrogen-bond donors (Lipinski definition) is 2. The van der Waals surface area contributed by atoms with E-state index in [4.69, 9.17) is 9.84 Å². The summed E-state index contributed by atoms with van der Waals surface area (Å²) in [5.41, 5.74) is 1.21. The molecule has 2 aromatic carbocycles. The topological polar surface area (TPSA) is 113 Å². The fourth-order valence-corrected chi connectivity index (χ4v) is 4.26. The Morgan fingerprint density at radius 1 is 1.14 bits per heavy atom. The molecule has 0 radical (unpaired) electrons. The Labute approximate surface area is 169 Å². The summed E-state index contributed by atoms with van der Waals surface area (Å²) in [6.07, 6.45) is 1.95. The standard InChI is InChI=1S/C20H22N2O6S/c1-14-11-17(7-8-18(14)28-13-19(23)24)29(26,27)21-16-6-4-5-15(12-16)20(25)22-9-2-3-10-22/h4-8,11-12,21H,2-3,9-10,13H2,1H3,(H,23,24). The molecule has 3 rings (SSSR count). The fraction of sp³-hybridized carbons (Fsp3) is 0.300. The van der Waals surface area contributed by atoms with Gasteiger partial charge in [-0.25, -0.2) is 13.2 Å². The maximum absolute atomic E-state index is 12.7. The number of hydrogen-bond acceptors (Lipinski definition) is 5. The smallest absolute Gasteiger partial charge is 0.341 e. The highest BCUT2D eigenvalue weighted by Gasteiger charge is 2.21. The molecule has 9 heteroatoms. The van der Waals surface area contributed by atoms with Gasteiger partial charge in [-0.2, -0.15) is 0 Å². The van der Waals surface area contributed by atoms with E-state index < -0.39 is 22.6 Å². The molecule has 154 valence electrons. The van der Waals surface area contributed by atoms with Crippen molar-refractivity contribution in [1.29, 1.82) is 0 Å². The van der Waals surface area contributed by atoms with Crippen LogP contribution in [-0.2, 0) is 14.8 Å². The predicted molar refractivity (Wildman–Crippen MR) is 107 cm³/mol. The highest BCUT2D eigenvalue weighted by Crippen LogP contribution is 2.24. The number of aliphatic carboxylic acids is 1. The van der Waals surface area contributed by atoms with Gasteiger partial charge in [0.25, 0.3) is 15.9 Å². The second-order valence-electron chi connectivity index (χ2n) is 6.80. The number of nitrogens with zero attached hydrogens (tertiary/aromatic N) is 1. The van der Waals surface area contributed by atoms with E-state index in [1.165, 1.54) is 24.3 Å². The average molecular weight is 418 g/mol. The number of anilines is 1. The van der Waals surface area contributed by atoms with Crippen LogP contribution in [-0.4, -0.2) is 50.0 Å². The molecule has 29 heavy (non-hydrogen) atoms. The average Bonchev–Trinajstić information content (AvgIpc) is 3.21. The van der Waals surface area contributed by atoms with Crippen molar-refractivity contribution in [1.82, 2.24) is 4.90 Å². The van der Waals surface area contributed by atoms with Crippen molar-refractivity contribution in [2.24, 2.45) is 0 Å². The Balaban J connectivity index is 1.77. The van der Waals surface area contributed by atoms with Gasteiger partial charge in [-0.1, -0.05) is 6.07 Å². The minimum atomic E-state index is -3.89. The van der Waals surface area contributed by atoms with Crippen molar-refractivity contribution in [2.75, 3.05) is 24.4 Å². The van der Waals surface area contributed by atoms with Crippen LogP contribution in [0.25, 0.3) is 0 Å². The number of rotatable bonds is 7. The van der Waals surface area contributed by atoms with Crippen LogP contribution in [0.5, 0.6) is 5.75 Å².